The van der Waals surface area contributed by atoms with Crippen molar-refractivity contribution in [2.45, 2.75) is 37.3 Å². The third-order valence-corrected chi connectivity index (χ3v) is 4.16. The van der Waals surface area contributed by atoms with Gasteiger partial charge in [0.25, 0.3) is 0 Å². The molecular weight excluding hydrogens is 242 g/mol. The Hall–Kier alpha value is -1.39. The van der Waals surface area contributed by atoms with E-state index in [0.717, 1.165) is 18.4 Å². The number of ether oxygens (including phenoxy) is 1. The second kappa shape index (κ2) is 4.62. The van der Waals surface area contributed by atoms with Gasteiger partial charge in [-0.05, 0) is 25.3 Å². The molecule has 2 fully saturated rings. The molecule has 1 heterocycles. The number of aryl methyl sites for hydroxylation is 1. The third kappa shape index (κ3) is 2.26. The van der Waals surface area contributed by atoms with E-state index in [4.69, 9.17) is 4.74 Å². The van der Waals surface area contributed by atoms with Crippen LogP contribution in [0.1, 0.15) is 24.0 Å². The number of nitrogens with one attached hydrogen (secondary N) is 1. The molecule has 1 saturated heterocycles. The number of benzene rings is 1. The summed E-state index contributed by atoms with van der Waals surface area (Å²) in [5.74, 6) is 0.0194. The van der Waals surface area contributed by atoms with Crippen molar-refractivity contribution in [1.82, 2.24) is 5.32 Å². The van der Waals surface area contributed by atoms with E-state index in [0.29, 0.717) is 13.2 Å². The maximum atomic E-state index is 12.4. The molecule has 2 aliphatic rings. The zero-order valence-electron chi connectivity index (χ0n) is 11.1. The molecule has 0 unspecified atom stereocenters. The van der Waals surface area contributed by atoms with Crippen molar-refractivity contribution in [3.05, 3.63) is 35.4 Å². The fourth-order valence-electron chi connectivity index (χ4n) is 2.63. The highest BCUT2D eigenvalue weighted by atomic mass is 16.5. The predicted octanol–water partition coefficient (Wildman–Crippen LogP) is 0.903. The Morgan fingerprint density at radius 1 is 1.32 bits per heavy atom. The number of hydrogen-bond donors (Lipinski definition) is 2. The fraction of sp³-hybridized carbons (Fsp3) is 0.533. The lowest BCUT2D eigenvalue weighted by atomic mass is 9.93. The minimum absolute atomic E-state index is 0.0194. The van der Waals surface area contributed by atoms with E-state index >= 15 is 0 Å². The number of hydrogen-bond acceptors (Lipinski definition) is 3. The van der Waals surface area contributed by atoms with Crippen LogP contribution in [0.25, 0.3) is 0 Å². The van der Waals surface area contributed by atoms with Crippen LogP contribution in [0, 0.1) is 6.92 Å². The SMILES string of the molecule is Cc1ccc(C2(C(=O)N[C@H]3COC[C@@H]3O)CC2)cc1. The fourth-order valence-corrected chi connectivity index (χ4v) is 2.63. The molecule has 1 saturated carbocycles. The van der Waals surface area contributed by atoms with Crippen molar-refractivity contribution in [2.24, 2.45) is 0 Å². The number of aliphatic hydroxyl groups is 1. The van der Waals surface area contributed by atoms with Gasteiger partial charge in [-0.25, -0.2) is 0 Å². The van der Waals surface area contributed by atoms with Crippen LogP contribution in [0.15, 0.2) is 24.3 Å². The van der Waals surface area contributed by atoms with Gasteiger partial charge in [-0.15, -0.1) is 0 Å². The molecule has 1 aliphatic carbocycles. The Kier molecular flexibility index (Phi) is 3.07. The second-order valence-electron chi connectivity index (χ2n) is 5.63. The summed E-state index contributed by atoms with van der Waals surface area (Å²) in [6.07, 6.45) is 1.18. The Labute approximate surface area is 112 Å². The first-order valence-electron chi connectivity index (χ1n) is 6.76. The van der Waals surface area contributed by atoms with Gasteiger partial charge in [0.2, 0.25) is 5.91 Å². The van der Waals surface area contributed by atoms with Crippen LogP contribution in [-0.2, 0) is 14.9 Å². The summed E-state index contributed by atoms with van der Waals surface area (Å²) in [6.45, 7) is 2.75. The molecule has 0 spiro atoms. The van der Waals surface area contributed by atoms with E-state index in [1.165, 1.54) is 5.56 Å². The highest BCUT2D eigenvalue weighted by Gasteiger charge is 2.52. The standard InChI is InChI=1S/C15H19NO3/c1-10-2-4-11(5-3-10)15(6-7-15)14(18)16-12-8-19-9-13(12)17/h2-5,12-13,17H,6-9H2,1H3,(H,16,18)/t12-,13-/m0/s1. The van der Waals surface area contributed by atoms with Crippen molar-refractivity contribution in [1.29, 1.82) is 0 Å². The van der Waals surface area contributed by atoms with Gasteiger partial charge in [0.15, 0.2) is 0 Å². The lowest BCUT2D eigenvalue weighted by molar-refractivity contribution is -0.124. The average Bonchev–Trinajstić information content (AvgIpc) is 3.11. The minimum atomic E-state index is -0.585. The smallest absolute Gasteiger partial charge is 0.231 e. The minimum Gasteiger partial charge on any atom is -0.388 e. The molecule has 1 amide bonds. The van der Waals surface area contributed by atoms with Crippen LogP contribution in [0.4, 0.5) is 0 Å². The highest BCUT2D eigenvalue weighted by Crippen LogP contribution is 2.48. The van der Waals surface area contributed by atoms with Crippen molar-refractivity contribution >= 4 is 5.91 Å². The maximum Gasteiger partial charge on any atom is 0.231 e. The Bertz CT molecular complexity index is 479. The molecule has 1 aromatic rings. The molecule has 19 heavy (non-hydrogen) atoms. The molecule has 102 valence electrons. The third-order valence-electron chi connectivity index (χ3n) is 4.16. The normalized spacial score (nSPS) is 28.1. The van der Waals surface area contributed by atoms with Crippen LogP contribution in [-0.4, -0.2) is 36.4 Å². The molecule has 4 nitrogen and oxygen atoms in total. The van der Waals surface area contributed by atoms with E-state index in [1.807, 2.05) is 31.2 Å². The number of rotatable bonds is 3. The molecule has 2 atom stereocenters. The van der Waals surface area contributed by atoms with Crippen molar-refractivity contribution < 1.29 is 14.6 Å². The summed E-state index contributed by atoms with van der Waals surface area (Å²) in [4.78, 5) is 12.4. The summed E-state index contributed by atoms with van der Waals surface area (Å²) in [7, 11) is 0. The van der Waals surface area contributed by atoms with E-state index in [9.17, 15) is 9.90 Å². The van der Waals surface area contributed by atoms with Gasteiger partial charge in [-0.1, -0.05) is 29.8 Å². The number of aliphatic hydroxyl groups excluding tert-OH is 1. The lowest BCUT2D eigenvalue weighted by Crippen LogP contribution is -2.46. The molecule has 3 rings (SSSR count). The molecule has 2 N–H and O–H groups in total. The van der Waals surface area contributed by atoms with Crippen LogP contribution < -0.4 is 5.32 Å². The van der Waals surface area contributed by atoms with Gasteiger partial charge in [0.05, 0.1) is 30.8 Å². The number of carbonyl (C=O) groups is 1. The summed E-state index contributed by atoms with van der Waals surface area (Å²) >= 11 is 0. The zero-order valence-corrected chi connectivity index (χ0v) is 11.1. The Morgan fingerprint density at radius 2 is 2.00 bits per heavy atom. The van der Waals surface area contributed by atoms with Crippen LogP contribution in [0.3, 0.4) is 0 Å². The predicted molar refractivity (Wildman–Crippen MR) is 70.8 cm³/mol. The molecule has 4 heteroatoms. The van der Waals surface area contributed by atoms with Gasteiger partial charge in [-0.2, -0.15) is 0 Å². The Morgan fingerprint density at radius 3 is 2.53 bits per heavy atom. The summed E-state index contributed by atoms with van der Waals surface area (Å²) in [6, 6.07) is 7.87. The summed E-state index contributed by atoms with van der Waals surface area (Å²) in [5, 5.41) is 12.6. The van der Waals surface area contributed by atoms with Crippen LogP contribution in [0.5, 0.6) is 0 Å². The van der Waals surface area contributed by atoms with E-state index in [2.05, 4.69) is 5.32 Å². The maximum absolute atomic E-state index is 12.4. The van der Waals surface area contributed by atoms with Gasteiger partial charge in [-0.3, -0.25) is 4.79 Å². The lowest BCUT2D eigenvalue weighted by Gasteiger charge is -2.20. The number of carbonyl (C=O) groups excluding carboxylic acids is 1. The summed E-state index contributed by atoms with van der Waals surface area (Å²) < 4.78 is 5.16. The molecule has 0 aromatic heterocycles. The first kappa shape index (κ1) is 12.6. The quantitative estimate of drug-likeness (QED) is 0.850. The largest absolute Gasteiger partial charge is 0.388 e. The van der Waals surface area contributed by atoms with Crippen LogP contribution in [0.2, 0.25) is 0 Å². The van der Waals surface area contributed by atoms with Gasteiger partial charge >= 0.3 is 0 Å². The second-order valence-corrected chi connectivity index (χ2v) is 5.63. The van der Waals surface area contributed by atoms with Crippen molar-refractivity contribution in [3.63, 3.8) is 0 Å². The van der Waals surface area contributed by atoms with E-state index < -0.39 is 6.10 Å². The van der Waals surface area contributed by atoms with Gasteiger partial charge < -0.3 is 15.2 Å². The topological polar surface area (TPSA) is 58.6 Å². The molecule has 0 bridgehead atoms. The molecular formula is C15H19NO3. The van der Waals surface area contributed by atoms with Crippen molar-refractivity contribution in [3.8, 4) is 0 Å². The Balaban J connectivity index is 1.73. The monoisotopic (exact) mass is 261 g/mol. The van der Waals surface area contributed by atoms with Crippen LogP contribution >= 0.6 is 0 Å². The first-order valence-corrected chi connectivity index (χ1v) is 6.76. The van der Waals surface area contributed by atoms with Gasteiger partial charge in [0, 0.05) is 0 Å². The molecule has 1 aromatic carbocycles. The summed E-state index contributed by atoms with van der Waals surface area (Å²) in [5.41, 5.74) is 1.89. The van der Waals surface area contributed by atoms with E-state index in [1.54, 1.807) is 0 Å². The molecule has 1 aliphatic heterocycles. The van der Waals surface area contributed by atoms with Crippen molar-refractivity contribution in [2.75, 3.05) is 13.2 Å². The number of amides is 1. The molecule has 0 radical (unpaired) electrons. The van der Waals surface area contributed by atoms with E-state index in [-0.39, 0.29) is 17.4 Å². The first-order chi connectivity index (χ1) is 9.12. The highest BCUT2D eigenvalue weighted by molar-refractivity contribution is 5.91. The zero-order chi connectivity index (χ0) is 13.5. The average molecular weight is 261 g/mol. The van der Waals surface area contributed by atoms with Gasteiger partial charge in [0.1, 0.15) is 0 Å².